The standard InChI is InChI=1S/C19H20N4O2S2/c1-13(2)8-16-10-17(19(26-16)27(20,24)25)14-4-5-15(18(9-14)21-3)11-23-7-6-22-12-23/h4-7,9-10,12-13H,8,11H2,1-2H3,(H2,20,24,25). The molecule has 3 aromatic rings. The van der Waals surface area contributed by atoms with Gasteiger partial charge in [-0.2, -0.15) is 0 Å². The number of imidazole rings is 1. The van der Waals surface area contributed by atoms with Gasteiger partial charge in [0.05, 0.1) is 12.9 Å². The number of benzene rings is 1. The maximum absolute atomic E-state index is 12.1. The fourth-order valence-corrected chi connectivity index (χ4v) is 5.27. The smallest absolute Gasteiger partial charge is 0.248 e. The molecule has 0 saturated carbocycles. The number of hydrogen-bond donors (Lipinski definition) is 1. The quantitative estimate of drug-likeness (QED) is 0.634. The Balaban J connectivity index is 2.05. The second-order valence-electron chi connectivity index (χ2n) is 6.75. The van der Waals surface area contributed by atoms with Gasteiger partial charge >= 0.3 is 0 Å². The molecule has 1 aromatic carbocycles. The van der Waals surface area contributed by atoms with Crippen LogP contribution in [0.1, 0.15) is 24.3 Å². The van der Waals surface area contributed by atoms with Gasteiger partial charge in [-0.15, -0.1) is 11.3 Å². The van der Waals surface area contributed by atoms with Crippen molar-refractivity contribution in [3.8, 4) is 11.1 Å². The predicted octanol–water partition coefficient (Wildman–Crippen LogP) is 4.06. The van der Waals surface area contributed by atoms with Crippen LogP contribution in [0.5, 0.6) is 0 Å². The first-order chi connectivity index (χ1) is 12.8. The van der Waals surface area contributed by atoms with Gasteiger partial charge in [-0.25, -0.2) is 23.4 Å². The second kappa shape index (κ2) is 7.64. The highest BCUT2D eigenvalue weighted by atomic mass is 32.2. The Morgan fingerprint density at radius 2 is 2.11 bits per heavy atom. The molecule has 2 aromatic heterocycles. The number of hydrogen-bond acceptors (Lipinski definition) is 4. The molecule has 0 bridgehead atoms. The minimum absolute atomic E-state index is 0.149. The Kier molecular flexibility index (Phi) is 5.46. The summed E-state index contributed by atoms with van der Waals surface area (Å²) in [6.45, 7) is 12.2. The van der Waals surface area contributed by atoms with E-state index in [1.54, 1.807) is 18.6 Å². The molecule has 0 aliphatic heterocycles. The fraction of sp³-hybridized carbons (Fsp3) is 0.263. The lowest BCUT2D eigenvalue weighted by atomic mass is 10.0. The normalized spacial score (nSPS) is 11.7. The minimum atomic E-state index is -3.84. The molecular formula is C19H20N4O2S2. The summed E-state index contributed by atoms with van der Waals surface area (Å²) in [4.78, 5) is 8.60. The van der Waals surface area contributed by atoms with Crippen LogP contribution in [0.3, 0.4) is 0 Å². The van der Waals surface area contributed by atoms with E-state index in [1.165, 1.54) is 11.3 Å². The van der Waals surface area contributed by atoms with Gasteiger partial charge in [0.1, 0.15) is 4.21 Å². The van der Waals surface area contributed by atoms with Crippen molar-refractivity contribution < 1.29 is 8.42 Å². The lowest BCUT2D eigenvalue weighted by Gasteiger charge is -2.08. The molecule has 6 nitrogen and oxygen atoms in total. The minimum Gasteiger partial charge on any atom is -0.334 e. The third-order valence-electron chi connectivity index (χ3n) is 4.05. The number of nitrogens with two attached hydrogens (primary N) is 1. The SMILES string of the molecule is [C-]#[N+]c1cc(-c2cc(CC(C)C)sc2S(N)(=O)=O)ccc1Cn1ccnc1. The van der Waals surface area contributed by atoms with Crippen molar-refractivity contribution in [3.05, 3.63) is 64.8 Å². The Morgan fingerprint density at radius 1 is 1.33 bits per heavy atom. The van der Waals surface area contributed by atoms with E-state index in [1.807, 2.05) is 29.0 Å². The zero-order valence-corrected chi connectivity index (χ0v) is 16.7. The molecule has 2 heterocycles. The number of rotatable bonds is 6. The van der Waals surface area contributed by atoms with Gasteiger partial charge in [-0.1, -0.05) is 26.0 Å². The summed E-state index contributed by atoms with van der Waals surface area (Å²) in [6, 6.07) is 7.31. The summed E-state index contributed by atoms with van der Waals surface area (Å²) in [7, 11) is -3.84. The number of thiophene rings is 1. The van der Waals surface area contributed by atoms with Crippen molar-refractivity contribution in [1.29, 1.82) is 0 Å². The van der Waals surface area contributed by atoms with Crippen LogP contribution >= 0.6 is 11.3 Å². The van der Waals surface area contributed by atoms with Gasteiger partial charge in [0.15, 0.2) is 5.69 Å². The molecule has 0 amide bonds. The van der Waals surface area contributed by atoms with Gasteiger partial charge in [-0.3, -0.25) is 0 Å². The highest BCUT2D eigenvalue weighted by Gasteiger charge is 2.21. The van der Waals surface area contributed by atoms with Crippen LogP contribution < -0.4 is 5.14 Å². The molecule has 0 atom stereocenters. The summed E-state index contributed by atoms with van der Waals surface area (Å²) in [5.74, 6) is 0.404. The molecule has 8 heteroatoms. The van der Waals surface area contributed by atoms with Crippen LogP contribution in [-0.4, -0.2) is 18.0 Å². The average Bonchev–Trinajstić information content (AvgIpc) is 3.24. The van der Waals surface area contributed by atoms with Gasteiger partial charge in [0.2, 0.25) is 10.0 Å². The van der Waals surface area contributed by atoms with Crippen molar-refractivity contribution in [2.24, 2.45) is 11.1 Å². The molecule has 140 valence electrons. The van der Waals surface area contributed by atoms with Gasteiger partial charge < -0.3 is 4.57 Å². The molecular weight excluding hydrogens is 380 g/mol. The Morgan fingerprint density at radius 3 is 2.70 bits per heavy atom. The molecule has 0 spiro atoms. The summed E-state index contributed by atoms with van der Waals surface area (Å²) in [5, 5.41) is 5.44. The molecule has 0 fully saturated rings. The zero-order chi connectivity index (χ0) is 19.6. The Hall–Kier alpha value is -2.47. The van der Waals surface area contributed by atoms with E-state index in [2.05, 4.69) is 23.7 Å². The van der Waals surface area contributed by atoms with Crippen LogP contribution in [0, 0.1) is 12.5 Å². The van der Waals surface area contributed by atoms with Crippen molar-refractivity contribution in [1.82, 2.24) is 9.55 Å². The maximum Gasteiger partial charge on any atom is 0.248 e. The van der Waals surface area contributed by atoms with E-state index in [0.717, 1.165) is 16.9 Å². The topological polar surface area (TPSA) is 82.3 Å². The fourth-order valence-electron chi connectivity index (χ4n) is 2.89. The molecule has 0 aliphatic rings. The van der Waals surface area contributed by atoms with Gasteiger partial charge in [0, 0.05) is 29.4 Å². The van der Waals surface area contributed by atoms with Crippen LogP contribution in [0.2, 0.25) is 0 Å². The van der Waals surface area contributed by atoms with Crippen LogP contribution in [0.4, 0.5) is 5.69 Å². The predicted molar refractivity (Wildman–Crippen MR) is 107 cm³/mol. The largest absolute Gasteiger partial charge is 0.334 e. The lowest BCUT2D eigenvalue weighted by molar-refractivity contribution is 0.600. The lowest BCUT2D eigenvalue weighted by Crippen LogP contribution is -2.11. The summed E-state index contributed by atoms with van der Waals surface area (Å²) in [5.41, 5.74) is 2.59. The van der Waals surface area contributed by atoms with E-state index in [9.17, 15) is 8.42 Å². The van der Waals surface area contributed by atoms with Gasteiger partial charge in [0.25, 0.3) is 0 Å². The van der Waals surface area contributed by atoms with E-state index in [-0.39, 0.29) is 4.21 Å². The molecule has 0 saturated heterocycles. The van der Waals surface area contributed by atoms with Crippen molar-refractivity contribution in [3.63, 3.8) is 0 Å². The third-order valence-corrected chi connectivity index (χ3v) is 6.68. The third kappa shape index (κ3) is 4.45. The van der Waals surface area contributed by atoms with Crippen molar-refractivity contribution in [2.45, 2.75) is 31.0 Å². The highest BCUT2D eigenvalue weighted by molar-refractivity contribution is 7.91. The first-order valence-electron chi connectivity index (χ1n) is 8.40. The highest BCUT2D eigenvalue weighted by Crippen LogP contribution is 2.37. The van der Waals surface area contributed by atoms with E-state index >= 15 is 0 Å². The first kappa shape index (κ1) is 19.3. The number of nitrogens with zero attached hydrogens (tertiary/aromatic N) is 3. The summed E-state index contributed by atoms with van der Waals surface area (Å²) >= 11 is 1.21. The van der Waals surface area contributed by atoms with E-state index in [0.29, 0.717) is 29.3 Å². The molecule has 0 radical (unpaired) electrons. The van der Waals surface area contributed by atoms with Crippen LogP contribution in [-0.2, 0) is 23.0 Å². The van der Waals surface area contributed by atoms with E-state index in [4.69, 9.17) is 11.7 Å². The van der Waals surface area contributed by atoms with Gasteiger partial charge in [-0.05, 0) is 35.6 Å². The first-order valence-corrected chi connectivity index (χ1v) is 10.8. The van der Waals surface area contributed by atoms with Crippen LogP contribution in [0.25, 0.3) is 16.0 Å². The number of sulfonamides is 1. The maximum atomic E-state index is 12.1. The molecule has 0 unspecified atom stereocenters. The molecule has 2 N–H and O–H groups in total. The number of primary sulfonamides is 1. The average molecular weight is 401 g/mol. The zero-order valence-electron chi connectivity index (χ0n) is 15.1. The Bertz CT molecular complexity index is 1090. The van der Waals surface area contributed by atoms with Crippen molar-refractivity contribution in [2.75, 3.05) is 0 Å². The summed E-state index contributed by atoms with van der Waals surface area (Å²) in [6.07, 6.45) is 5.99. The number of aromatic nitrogens is 2. The second-order valence-corrected chi connectivity index (χ2v) is 9.64. The van der Waals surface area contributed by atoms with Crippen LogP contribution in [0.15, 0.2) is 47.2 Å². The molecule has 27 heavy (non-hydrogen) atoms. The molecule has 0 aliphatic carbocycles. The molecule has 3 rings (SSSR count). The monoisotopic (exact) mass is 400 g/mol. The van der Waals surface area contributed by atoms with E-state index < -0.39 is 10.0 Å². The Labute approximate surface area is 163 Å². The van der Waals surface area contributed by atoms with Crippen molar-refractivity contribution >= 4 is 27.0 Å². The summed E-state index contributed by atoms with van der Waals surface area (Å²) < 4.78 is 26.2.